The number of benzene rings is 9. The second-order valence-electron chi connectivity index (χ2n) is 40.5. The van der Waals surface area contributed by atoms with Crippen molar-refractivity contribution in [3.8, 4) is 44.5 Å². The van der Waals surface area contributed by atoms with E-state index in [0.29, 0.717) is 0 Å². The minimum atomic E-state index is -0.646. The van der Waals surface area contributed by atoms with Gasteiger partial charge in [-0.2, -0.15) is 0 Å². The fourth-order valence-electron chi connectivity index (χ4n) is 24.2. The van der Waals surface area contributed by atoms with Crippen molar-refractivity contribution in [2.45, 2.75) is 450 Å². The summed E-state index contributed by atoms with van der Waals surface area (Å²) >= 11 is 0. The third-order valence-electron chi connectivity index (χ3n) is 31.3. The summed E-state index contributed by atoms with van der Waals surface area (Å²) in [5, 5.41) is 0. The first-order valence-electron chi connectivity index (χ1n) is 53.2. The van der Waals surface area contributed by atoms with Crippen LogP contribution in [0.3, 0.4) is 0 Å². The standard InChI is InChI=1S/C124H170/c1-11-19-27-35-43-51-59-97-65-73-101(74-66-97)123(102-75-67-98(68-76-102)60-52-44-36-28-20-12-2)117-91-107-105-81-63-95(9)87-113(105)121(83-55-47-39-31-23-15-5,84-56-48-40-32-24-16-6)115(107)89-109(117)111-94-120-112(93-119(111)123)110-90-116-108(106-82-64-96(10)88-114(106)122(116,85-57-49-41-33-25-17-7)86-58-50-42-34-26-18-8)92-118(110)124(120,103-77-69-99(70-78-103)61-53-45-37-29-21-13-3)104-79-71-100(72-80-104)62-54-46-38-30-22-14-4/h63-82,87-94H,11-62,83-86H2,1-10H3. The monoisotopic (exact) mass is 1660 g/mol. The van der Waals surface area contributed by atoms with Gasteiger partial charge in [-0.1, -0.05) is 482 Å². The second-order valence-corrected chi connectivity index (χ2v) is 40.5. The third kappa shape index (κ3) is 21.6. The summed E-state index contributed by atoms with van der Waals surface area (Å²) < 4.78 is 0. The van der Waals surface area contributed by atoms with Gasteiger partial charge in [0.05, 0.1) is 10.8 Å². The van der Waals surface area contributed by atoms with Crippen molar-refractivity contribution in [2.75, 3.05) is 0 Å². The topological polar surface area (TPSA) is 0 Å². The Bertz CT molecular complexity index is 4250. The summed E-state index contributed by atoms with van der Waals surface area (Å²) in [6.07, 6.45) is 72.2. The Kier molecular flexibility index (Phi) is 36.5. The van der Waals surface area contributed by atoms with E-state index in [-0.39, 0.29) is 10.8 Å². The van der Waals surface area contributed by atoms with Gasteiger partial charge in [0.15, 0.2) is 0 Å². The Morgan fingerprint density at radius 1 is 0.161 bits per heavy atom. The minimum absolute atomic E-state index is 0.0961. The van der Waals surface area contributed by atoms with Crippen LogP contribution < -0.4 is 0 Å². The Morgan fingerprint density at radius 2 is 0.339 bits per heavy atom. The molecule has 124 heavy (non-hydrogen) atoms. The van der Waals surface area contributed by atoms with E-state index in [1.54, 1.807) is 22.3 Å². The zero-order chi connectivity index (χ0) is 86.4. The Morgan fingerprint density at radius 3 is 0.556 bits per heavy atom. The van der Waals surface area contributed by atoms with Gasteiger partial charge in [-0.3, -0.25) is 0 Å². The van der Waals surface area contributed by atoms with Crippen LogP contribution >= 0.6 is 0 Å². The van der Waals surface area contributed by atoms with E-state index in [1.807, 2.05) is 0 Å². The fraction of sp³-hybridized carbons (Fsp3) is 0.565. The van der Waals surface area contributed by atoms with Crippen LogP contribution in [-0.4, -0.2) is 0 Å². The maximum Gasteiger partial charge on any atom is 0.0714 e. The molecule has 0 saturated carbocycles. The Labute approximate surface area is 759 Å². The van der Waals surface area contributed by atoms with Gasteiger partial charge in [-0.15, -0.1) is 0 Å². The van der Waals surface area contributed by atoms with Gasteiger partial charge >= 0.3 is 0 Å². The second kappa shape index (κ2) is 47.9. The van der Waals surface area contributed by atoms with Crippen molar-refractivity contribution in [1.82, 2.24) is 0 Å². The molecule has 0 atom stereocenters. The quantitative estimate of drug-likeness (QED) is 0.0333. The van der Waals surface area contributed by atoms with Crippen LogP contribution in [0.1, 0.15) is 489 Å². The summed E-state index contributed by atoms with van der Waals surface area (Å²) in [7, 11) is 0. The molecular formula is C124H170. The van der Waals surface area contributed by atoms with Crippen molar-refractivity contribution in [3.05, 3.63) is 270 Å². The predicted octanol–water partition coefficient (Wildman–Crippen LogP) is 38.2. The average molecular weight is 1660 g/mol. The molecule has 0 unspecified atom stereocenters. The SMILES string of the molecule is CCCCCCCCc1ccc(C2(c3ccc(CCCCCCCC)cc3)c3cc4c(cc3-c3cc5c(cc32)-c2cc3c(cc2C5(c2ccc(CCCCCCCC)cc2)c2ccc(CCCCCCCC)cc2)-c2ccc(C)cc2C3(CCCCCCCC)CCCCCCCC)C(CCCCCCCC)(CCCCCCCC)c2cc(C)ccc2-4)cc1. The molecule has 0 heteroatoms. The summed E-state index contributed by atoms with van der Waals surface area (Å²) in [5.41, 5.74) is 37.2. The van der Waals surface area contributed by atoms with Crippen LogP contribution in [0.2, 0.25) is 0 Å². The van der Waals surface area contributed by atoms with Gasteiger partial charge in [0.25, 0.3) is 0 Å². The largest absolute Gasteiger partial charge is 0.0714 e. The van der Waals surface area contributed by atoms with Crippen molar-refractivity contribution < 1.29 is 0 Å². The van der Waals surface area contributed by atoms with Gasteiger partial charge in [0, 0.05) is 10.8 Å². The smallest absolute Gasteiger partial charge is 0.0654 e. The van der Waals surface area contributed by atoms with Crippen molar-refractivity contribution in [3.63, 3.8) is 0 Å². The highest BCUT2D eigenvalue weighted by Gasteiger charge is 2.55. The zero-order valence-corrected chi connectivity index (χ0v) is 80.8. The van der Waals surface area contributed by atoms with Gasteiger partial charge < -0.3 is 0 Å². The average Bonchev–Trinajstić information content (AvgIpc) is 1.50. The van der Waals surface area contributed by atoms with E-state index in [9.17, 15) is 0 Å². The lowest BCUT2D eigenvalue weighted by atomic mass is 9.65. The number of aryl methyl sites for hydroxylation is 6. The summed E-state index contributed by atoms with van der Waals surface area (Å²) in [6, 6.07) is 75.2. The van der Waals surface area contributed by atoms with E-state index in [2.05, 4.69) is 239 Å². The maximum absolute atomic E-state index is 2.94. The maximum atomic E-state index is 2.94. The number of rotatable bonds is 60. The molecule has 4 aliphatic rings. The van der Waals surface area contributed by atoms with Crippen LogP contribution in [0.4, 0.5) is 0 Å². The summed E-state index contributed by atoms with van der Waals surface area (Å²) in [6.45, 7) is 23.7. The van der Waals surface area contributed by atoms with Gasteiger partial charge in [-0.25, -0.2) is 0 Å². The number of fused-ring (bicyclic) bond motifs is 12. The van der Waals surface area contributed by atoms with Crippen LogP contribution in [-0.2, 0) is 47.3 Å². The molecular weight excluding hydrogens is 1490 g/mol. The zero-order valence-electron chi connectivity index (χ0n) is 80.8. The molecule has 0 heterocycles. The highest BCUT2D eigenvalue weighted by atomic mass is 14.6. The van der Waals surface area contributed by atoms with Gasteiger partial charge in [-0.05, 0) is 261 Å². The van der Waals surface area contributed by atoms with Crippen LogP contribution in [0.5, 0.6) is 0 Å². The van der Waals surface area contributed by atoms with Crippen LogP contribution in [0.15, 0.2) is 170 Å². The summed E-state index contributed by atoms with van der Waals surface area (Å²) in [4.78, 5) is 0. The molecule has 0 N–H and O–H groups in total. The molecule has 0 amide bonds. The fourth-order valence-corrected chi connectivity index (χ4v) is 24.2. The molecule has 4 aliphatic carbocycles. The van der Waals surface area contributed by atoms with E-state index in [0.717, 1.165) is 25.7 Å². The van der Waals surface area contributed by atoms with Gasteiger partial charge in [0.1, 0.15) is 0 Å². The summed E-state index contributed by atoms with van der Waals surface area (Å²) in [5.74, 6) is 0. The van der Waals surface area contributed by atoms with Crippen LogP contribution in [0, 0.1) is 13.8 Å². The molecule has 0 spiro atoms. The highest BCUT2D eigenvalue weighted by Crippen LogP contribution is 2.68. The molecule has 9 aromatic rings. The predicted molar refractivity (Wildman–Crippen MR) is 543 cm³/mol. The lowest BCUT2D eigenvalue weighted by molar-refractivity contribution is 0.397. The molecule has 9 aromatic carbocycles. The highest BCUT2D eigenvalue weighted by molar-refractivity contribution is 5.99. The van der Waals surface area contributed by atoms with Crippen molar-refractivity contribution in [1.29, 1.82) is 0 Å². The lowest BCUT2D eigenvalue weighted by Crippen LogP contribution is -2.30. The number of hydrogen-bond acceptors (Lipinski definition) is 0. The molecule has 13 rings (SSSR count). The van der Waals surface area contributed by atoms with E-state index >= 15 is 0 Å². The first-order chi connectivity index (χ1) is 61.0. The third-order valence-corrected chi connectivity index (χ3v) is 31.3. The van der Waals surface area contributed by atoms with E-state index in [1.165, 1.54) is 456 Å². The molecule has 0 aliphatic heterocycles. The van der Waals surface area contributed by atoms with E-state index < -0.39 is 10.8 Å². The molecule has 0 bridgehead atoms. The Balaban J connectivity index is 1.13. The normalized spacial score (nSPS) is 14.3. The van der Waals surface area contributed by atoms with Crippen molar-refractivity contribution >= 4 is 0 Å². The van der Waals surface area contributed by atoms with E-state index in [4.69, 9.17) is 0 Å². The minimum Gasteiger partial charge on any atom is -0.0654 e. The first-order valence-corrected chi connectivity index (χ1v) is 53.2. The Hall–Kier alpha value is -7.02. The molecule has 0 radical (unpaired) electrons. The van der Waals surface area contributed by atoms with Gasteiger partial charge in [0.2, 0.25) is 0 Å². The molecule has 0 fully saturated rings. The molecule has 0 saturated heterocycles. The van der Waals surface area contributed by atoms with Crippen LogP contribution in [0.25, 0.3) is 44.5 Å². The lowest BCUT2D eigenvalue weighted by Gasteiger charge is -2.36. The number of unbranched alkanes of at least 4 members (excludes halogenated alkanes) is 40. The molecule has 0 aromatic heterocycles. The molecule has 0 nitrogen and oxygen atoms in total. The van der Waals surface area contributed by atoms with Crippen molar-refractivity contribution in [2.24, 2.45) is 0 Å². The first kappa shape index (κ1) is 94.6. The number of hydrogen-bond donors (Lipinski definition) is 0. The molecule has 666 valence electrons.